The smallest absolute Gasteiger partial charge is 0.255 e. The maximum atomic E-state index is 12.7. The van der Waals surface area contributed by atoms with Crippen molar-refractivity contribution in [1.82, 2.24) is 4.90 Å². The van der Waals surface area contributed by atoms with Crippen LogP contribution in [0.1, 0.15) is 21.5 Å². The van der Waals surface area contributed by atoms with Crippen LogP contribution in [0.5, 0.6) is 5.75 Å². The molecule has 0 atom stereocenters. The van der Waals surface area contributed by atoms with Crippen LogP contribution in [0.4, 0.5) is 5.69 Å². The Morgan fingerprint density at radius 1 is 0.765 bits per heavy atom. The van der Waals surface area contributed by atoms with Crippen LogP contribution < -0.4 is 10.1 Å². The van der Waals surface area contributed by atoms with Gasteiger partial charge in [0.05, 0.1) is 5.69 Å². The quantitative estimate of drug-likeness (QED) is 0.253. The van der Waals surface area contributed by atoms with Gasteiger partial charge in [0.1, 0.15) is 12.4 Å². The summed E-state index contributed by atoms with van der Waals surface area (Å²) in [5.41, 5.74) is 3.82. The predicted octanol–water partition coefficient (Wildman–Crippen LogP) is 6.78. The van der Waals surface area contributed by atoms with Crippen molar-refractivity contribution in [3.63, 3.8) is 0 Å². The van der Waals surface area contributed by atoms with Crippen molar-refractivity contribution in [3.05, 3.63) is 130 Å². The second-order valence-corrected chi connectivity index (χ2v) is 8.85. The normalized spacial score (nSPS) is 10.8. The lowest BCUT2D eigenvalue weighted by atomic mass is 10.1. The number of carbonyl (C=O) groups excluding carboxylic acids is 1. The van der Waals surface area contributed by atoms with Gasteiger partial charge in [-0.1, -0.05) is 78.9 Å². The molecule has 0 aromatic heterocycles. The van der Waals surface area contributed by atoms with E-state index in [2.05, 4.69) is 74.7 Å². The molecule has 4 nitrogen and oxygen atoms in total. The van der Waals surface area contributed by atoms with E-state index < -0.39 is 0 Å². The highest BCUT2D eigenvalue weighted by Gasteiger charge is 2.11. The fourth-order valence-corrected chi connectivity index (χ4v) is 4.06. The Bertz CT molecular complexity index is 1160. The molecule has 0 aliphatic heterocycles. The van der Waals surface area contributed by atoms with E-state index in [1.54, 1.807) is 12.1 Å². The molecular weight excluding hydrogens is 488 g/mol. The van der Waals surface area contributed by atoms with Crippen molar-refractivity contribution in [1.29, 1.82) is 0 Å². The number of halogens is 1. The van der Waals surface area contributed by atoms with Gasteiger partial charge in [0.2, 0.25) is 0 Å². The molecule has 0 bridgehead atoms. The van der Waals surface area contributed by atoms with Crippen molar-refractivity contribution in [2.45, 2.75) is 13.1 Å². The van der Waals surface area contributed by atoms with Crippen LogP contribution in [0.25, 0.3) is 0 Å². The van der Waals surface area contributed by atoms with Crippen molar-refractivity contribution in [3.8, 4) is 5.75 Å². The molecule has 0 unspecified atom stereocenters. The number of hydrogen-bond acceptors (Lipinski definition) is 3. The van der Waals surface area contributed by atoms with Crippen molar-refractivity contribution in [2.75, 3.05) is 18.5 Å². The minimum atomic E-state index is -0.174. The number of nitrogens with one attached hydrogen (secondary N) is 1. The van der Waals surface area contributed by atoms with E-state index in [9.17, 15) is 4.79 Å². The molecule has 1 N–H and O–H groups in total. The molecule has 34 heavy (non-hydrogen) atoms. The number of hydrogen-bond donors (Lipinski definition) is 1. The van der Waals surface area contributed by atoms with Crippen LogP contribution in [0.2, 0.25) is 0 Å². The summed E-state index contributed by atoms with van der Waals surface area (Å²) in [6.45, 7) is 2.97. The number of anilines is 1. The van der Waals surface area contributed by atoms with Crippen molar-refractivity contribution >= 4 is 27.5 Å². The summed E-state index contributed by atoms with van der Waals surface area (Å²) in [7, 11) is 0. The molecule has 0 radical (unpaired) electrons. The second-order valence-electron chi connectivity index (χ2n) is 7.99. The van der Waals surface area contributed by atoms with E-state index in [0.29, 0.717) is 17.9 Å². The lowest BCUT2D eigenvalue weighted by Crippen LogP contribution is -2.27. The van der Waals surface area contributed by atoms with E-state index in [-0.39, 0.29) is 5.91 Å². The number of benzene rings is 4. The standard InChI is InChI=1S/C29H27BrN2O2/c30-27-16-7-8-17-28(27)31-29(33)25-14-9-15-26(20-25)34-19-18-32(21-23-10-3-1-4-11-23)22-24-12-5-2-6-13-24/h1-17,20H,18-19,21-22H2,(H,31,33). The van der Waals surface area contributed by atoms with Gasteiger partial charge in [-0.15, -0.1) is 0 Å². The van der Waals surface area contributed by atoms with Gasteiger partial charge in [0.15, 0.2) is 0 Å². The number of amides is 1. The predicted molar refractivity (Wildman–Crippen MR) is 141 cm³/mol. The van der Waals surface area contributed by atoms with Crippen LogP contribution >= 0.6 is 15.9 Å². The molecule has 4 aromatic rings. The van der Waals surface area contributed by atoms with Gasteiger partial charge in [-0.25, -0.2) is 0 Å². The van der Waals surface area contributed by atoms with E-state index in [1.165, 1.54) is 11.1 Å². The van der Waals surface area contributed by atoms with E-state index in [0.717, 1.165) is 29.8 Å². The number of para-hydroxylation sites is 1. The third-order valence-corrected chi connectivity index (χ3v) is 6.08. The first-order valence-electron chi connectivity index (χ1n) is 11.3. The molecule has 0 aliphatic rings. The summed E-state index contributed by atoms with van der Waals surface area (Å²) in [5, 5.41) is 2.93. The number of carbonyl (C=O) groups is 1. The molecular formula is C29H27BrN2O2. The van der Waals surface area contributed by atoms with E-state index in [1.807, 2.05) is 48.5 Å². The molecule has 0 spiro atoms. The van der Waals surface area contributed by atoms with Crippen LogP contribution in [0.15, 0.2) is 114 Å². The summed E-state index contributed by atoms with van der Waals surface area (Å²) < 4.78 is 6.89. The molecule has 5 heteroatoms. The fourth-order valence-electron chi connectivity index (χ4n) is 3.67. The van der Waals surface area contributed by atoms with Crippen molar-refractivity contribution < 1.29 is 9.53 Å². The van der Waals surface area contributed by atoms with Gasteiger partial charge in [0, 0.05) is 29.7 Å². The molecule has 4 aromatic carbocycles. The summed E-state index contributed by atoms with van der Waals surface area (Å²) >= 11 is 3.46. The summed E-state index contributed by atoms with van der Waals surface area (Å²) in [4.78, 5) is 15.1. The highest BCUT2D eigenvalue weighted by molar-refractivity contribution is 9.10. The fraction of sp³-hybridized carbons (Fsp3) is 0.138. The summed E-state index contributed by atoms with van der Waals surface area (Å²) in [6.07, 6.45) is 0. The minimum Gasteiger partial charge on any atom is -0.492 e. The largest absolute Gasteiger partial charge is 0.492 e. The Kier molecular flexibility index (Phi) is 8.49. The first-order valence-corrected chi connectivity index (χ1v) is 12.1. The van der Waals surface area contributed by atoms with E-state index in [4.69, 9.17) is 4.74 Å². The molecule has 0 heterocycles. The van der Waals surface area contributed by atoms with Crippen molar-refractivity contribution in [2.24, 2.45) is 0 Å². The summed E-state index contributed by atoms with van der Waals surface area (Å²) in [5.74, 6) is 0.506. The number of rotatable bonds is 10. The third-order valence-electron chi connectivity index (χ3n) is 5.39. The van der Waals surface area contributed by atoms with Crippen LogP contribution in [0, 0.1) is 0 Å². The highest BCUT2D eigenvalue weighted by atomic mass is 79.9. The van der Waals surface area contributed by atoms with Crippen LogP contribution in [0.3, 0.4) is 0 Å². The second kappa shape index (κ2) is 12.2. The molecule has 0 saturated carbocycles. The molecule has 0 aliphatic carbocycles. The number of ether oxygens (including phenoxy) is 1. The maximum absolute atomic E-state index is 12.7. The first kappa shape index (κ1) is 23.7. The van der Waals surface area contributed by atoms with Gasteiger partial charge < -0.3 is 10.1 Å². The Morgan fingerprint density at radius 2 is 1.38 bits per heavy atom. The molecule has 1 amide bonds. The SMILES string of the molecule is O=C(Nc1ccccc1Br)c1cccc(OCCN(Cc2ccccc2)Cc2ccccc2)c1. The Labute approximate surface area is 209 Å². The van der Waals surface area contributed by atoms with Crippen LogP contribution in [-0.4, -0.2) is 24.0 Å². The third kappa shape index (κ3) is 7.04. The van der Waals surface area contributed by atoms with Gasteiger partial charge in [-0.05, 0) is 57.4 Å². The van der Waals surface area contributed by atoms with Crippen LogP contribution in [-0.2, 0) is 13.1 Å². The minimum absolute atomic E-state index is 0.174. The van der Waals surface area contributed by atoms with Gasteiger partial charge >= 0.3 is 0 Å². The monoisotopic (exact) mass is 514 g/mol. The average Bonchev–Trinajstić information content (AvgIpc) is 2.87. The molecule has 0 saturated heterocycles. The highest BCUT2D eigenvalue weighted by Crippen LogP contribution is 2.22. The lowest BCUT2D eigenvalue weighted by Gasteiger charge is -2.23. The molecule has 4 rings (SSSR count). The summed E-state index contributed by atoms with van der Waals surface area (Å²) in [6, 6.07) is 35.8. The zero-order chi connectivity index (χ0) is 23.6. The van der Waals surface area contributed by atoms with Gasteiger partial charge in [-0.3, -0.25) is 9.69 Å². The average molecular weight is 515 g/mol. The zero-order valence-corrected chi connectivity index (χ0v) is 20.4. The topological polar surface area (TPSA) is 41.6 Å². The Morgan fingerprint density at radius 3 is 2.03 bits per heavy atom. The van der Waals surface area contributed by atoms with Gasteiger partial charge in [-0.2, -0.15) is 0 Å². The zero-order valence-electron chi connectivity index (χ0n) is 18.9. The first-order chi connectivity index (χ1) is 16.7. The molecule has 0 fully saturated rings. The lowest BCUT2D eigenvalue weighted by molar-refractivity contribution is 0.102. The Hall–Kier alpha value is -3.41. The number of nitrogens with zero attached hydrogens (tertiary/aromatic N) is 1. The maximum Gasteiger partial charge on any atom is 0.255 e. The molecule has 172 valence electrons. The van der Waals surface area contributed by atoms with E-state index >= 15 is 0 Å². The van der Waals surface area contributed by atoms with Gasteiger partial charge in [0.25, 0.3) is 5.91 Å². The Balaban J connectivity index is 1.37.